The van der Waals surface area contributed by atoms with Gasteiger partial charge in [-0.25, -0.2) is 9.78 Å². The molecular weight excluding hydrogens is 386 g/mol. The number of amides is 1. The van der Waals surface area contributed by atoms with E-state index in [0.717, 1.165) is 16.9 Å². The highest BCUT2D eigenvalue weighted by molar-refractivity contribution is 7.09. The molecule has 0 unspecified atom stereocenters. The monoisotopic (exact) mass is 409 g/mol. The van der Waals surface area contributed by atoms with Gasteiger partial charge < -0.3 is 15.0 Å². The Balaban J connectivity index is 1.51. The Labute approximate surface area is 174 Å². The van der Waals surface area contributed by atoms with Crippen molar-refractivity contribution in [3.05, 3.63) is 75.7 Å². The maximum atomic E-state index is 12.2. The smallest absolute Gasteiger partial charge is 0.338 e. The highest BCUT2D eigenvalue weighted by atomic mass is 32.1. The Morgan fingerprint density at radius 2 is 1.83 bits per heavy atom. The molecule has 3 rings (SSSR count). The number of thiazole rings is 1. The van der Waals surface area contributed by atoms with Crippen LogP contribution in [0.5, 0.6) is 0 Å². The lowest BCUT2D eigenvalue weighted by Gasteiger charge is -2.12. The van der Waals surface area contributed by atoms with E-state index < -0.39 is 5.97 Å². The molecule has 7 heteroatoms. The minimum Gasteiger partial charge on any atom is -0.456 e. The molecule has 0 saturated heterocycles. The van der Waals surface area contributed by atoms with Crippen LogP contribution in [0.15, 0.2) is 53.9 Å². The Kier molecular flexibility index (Phi) is 6.61. The first kappa shape index (κ1) is 20.5. The number of hydrogen-bond acceptors (Lipinski definition) is 6. The summed E-state index contributed by atoms with van der Waals surface area (Å²) in [5, 5.41) is 5.37. The summed E-state index contributed by atoms with van der Waals surface area (Å²) in [5.74, 6) is -0.527. The summed E-state index contributed by atoms with van der Waals surface area (Å²) in [6, 6.07) is 14.8. The fourth-order valence-corrected chi connectivity index (χ4v) is 3.44. The molecule has 6 nitrogen and oxygen atoms in total. The van der Waals surface area contributed by atoms with Crippen molar-refractivity contribution < 1.29 is 14.3 Å². The predicted molar refractivity (Wildman–Crippen MR) is 116 cm³/mol. The van der Waals surface area contributed by atoms with Crippen LogP contribution in [0.2, 0.25) is 0 Å². The molecule has 150 valence electrons. The Hall–Kier alpha value is -3.19. The summed E-state index contributed by atoms with van der Waals surface area (Å²) in [5.41, 5.74) is 3.93. The number of carbonyl (C=O) groups is 2. The highest BCUT2D eigenvalue weighted by Crippen LogP contribution is 2.17. The van der Waals surface area contributed by atoms with Gasteiger partial charge in [-0.2, -0.15) is 0 Å². The maximum absolute atomic E-state index is 12.2. The molecule has 0 radical (unpaired) electrons. The van der Waals surface area contributed by atoms with Crippen molar-refractivity contribution in [3.63, 3.8) is 0 Å². The molecule has 1 aromatic heterocycles. The van der Waals surface area contributed by atoms with Crippen LogP contribution in [-0.4, -0.2) is 31.0 Å². The summed E-state index contributed by atoms with van der Waals surface area (Å²) in [6.45, 7) is 2.02. The van der Waals surface area contributed by atoms with Gasteiger partial charge >= 0.3 is 5.97 Å². The van der Waals surface area contributed by atoms with Gasteiger partial charge in [0.25, 0.3) is 0 Å². The molecule has 0 aliphatic heterocycles. The van der Waals surface area contributed by atoms with Crippen LogP contribution in [0.4, 0.5) is 11.4 Å². The summed E-state index contributed by atoms with van der Waals surface area (Å²) in [4.78, 5) is 30.8. The molecule has 1 heterocycles. The number of para-hydroxylation sites is 1. The molecule has 0 fully saturated rings. The standard InChI is InChI=1S/C22H23N3O3S/c1-15-6-4-5-7-19(15)24-20(26)12-21-23-17(14-29-21)13-28-22(27)16-8-10-18(11-9-16)25(2)3/h4-11,14H,12-13H2,1-3H3,(H,24,26). The molecule has 1 N–H and O–H groups in total. The molecule has 0 atom stereocenters. The molecule has 0 aliphatic carbocycles. The van der Waals surface area contributed by atoms with Gasteiger partial charge in [0.15, 0.2) is 0 Å². The number of nitrogens with zero attached hydrogens (tertiary/aromatic N) is 2. The lowest BCUT2D eigenvalue weighted by atomic mass is 10.2. The zero-order valence-corrected chi connectivity index (χ0v) is 17.5. The van der Waals surface area contributed by atoms with E-state index in [1.165, 1.54) is 11.3 Å². The zero-order valence-electron chi connectivity index (χ0n) is 16.6. The zero-order chi connectivity index (χ0) is 20.8. The highest BCUT2D eigenvalue weighted by Gasteiger charge is 2.12. The third-order valence-corrected chi connectivity index (χ3v) is 5.20. The third-order valence-electron chi connectivity index (χ3n) is 4.30. The summed E-state index contributed by atoms with van der Waals surface area (Å²) < 4.78 is 5.34. The second-order valence-corrected chi connectivity index (χ2v) is 7.73. The number of carbonyl (C=O) groups excluding carboxylic acids is 2. The SMILES string of the molecule is Cc1ccccc1NC(=O)Cc1nc(COC(=O)c2ccc(N(C)C)cc2)cs1. The molecule has 2 aromatic carbocycles. The number of anilines is 2. The lowest BCUT2D eigenvalue weighted by Crippen LogP contribution is -2.15. The molecule has 3 aromatic rings. The van der Waals surface area contributed by atoms with Crippen molar-refractivity contribution in [2.45, 2.75) is 20.0 Å². The number of hydrogen-bond donors (Lipinski definition) is 1. The average molecular weight is 410 g/mol. The molecule has 0 bridgehead atoms. The topological polar surface area (TPSA) is 71.5 Å². The van der Waals surface area contributed by atoms with Crippen molar-refractivity contribution in [2.75, 3.05) is 24.3 Å². The molecule has 29 heavy (non-hydrogen) atoms. The fourth-order valence-electron chi connectivity index (χ4n) is 2.66. The van der Waals surface area contributed by atoms with Gasteiger partial charge in [0.05, 0.1) is 17.7 Å². The van der Waals surface area contributed by atoms with Gasteiger partial charge in [-0.1, -0.05) is 18.2 Å². The average Bonchev–Trinajstić information content (AvgIpc) is 3.15. The van der Waals surface area contributed by atoms with E-state index in [4.69, 9.17) is 4.74 Å². The van der Waals surface area contributed by atoms with Crippen LogP contribution in [0.25, 0.3) is 0 Å². The molecule has 1 amide bonds. The lowest BCUT2D eigenvalue weighted by molar-refractivity contribution is -0.115. The Morgan fingerprint density at radius 1 is 1.10 bits per heavy atom. The van der Waals surface area contributed by atoms with Gasteiger partial charge in [-0.3, -0.25) is 4.79 Å². The molecule has 0 spiro atoms. The Bertz CT molecular complexity index is 997. The summed E-state index contributed by atoms with van der Waals surface area (Å²) >= 11 is 1.38. The van der Waals surface area contributed by atoms with Crippen LogP contribution in [0.3, 0.4) is 0 Å². The normalized spacial score (nSPS) is 10.4. The first-order valence-corrected chi connectivity index (χ1v) is 10.0. The molecule has 0 aliphatic rings. The van der Waals surface area contributed by atoms with E-state index in [9.17, 15) is 9.59 Å². The predicted octanol–water partition coefficient (Wildman–Crippen LogP) is 4.06. The van der Waals surface area contributed by atoms with Crippen molar-refractivity contribution in [2.24, 2.45) is 0 Å². The van der Waals surface area contributed by atoms with Gasteiger partial charge in [0.1, 0.15) is 11.6 Å². The largest absolute Gasteiger partial charge is 0.456 e. The number of rotatable bonds is 7. The summed E-state index contributed by atoms with van der Waals surface area (Å²) in [7, 11) is 3.88. The molecule has 0 saturated carbocycles. The van der Waals surface area contributed by atoms with E-state index >= 15 is 0 Å². The number of ether oxygens (including phenoxy) is 1. The van der Waals surface area contributed by atoms with Crippen LogP contribution >= 0.6 is 11.3 Å². The van der Waals surface area contributed by atoms with Crippen molar-refractivity contribution >= 4 is 34.6 Å². The quantitative estimate of drug-likeness (QED) is 0.596. The van der Waals surface area contributed by atoms with Crippen molar-refractivity contribution in [3.8, 4) is 0 Å². The number of benzene rings is 2. The third kappa shape index (κ3) is 5.65. The summed E-state index contributed by atoms with van der Waals surface area (Å²) in [6.07, 6.45) is 0.180. The van der Waals surface area contributed by atoms with Crippen LogP contribution in [0.1, 0.15) is 26.6 Å². The fraction of sp³-hybridized carbons (Fsp3) is 0.227. The van der Waals surface area contributed by atoms with E-state index in [2.05, 4.69) is 10.3 Å². The van der Waals surface area contributed by atoms with Crippen LogP contribution < -0.4 is 10.2 Å². The second kappa shape index (κ2) is 9.34. The van der Waals surface area contributed by atoms with Gasteiger partial charge in [-0.05, 0) is 42.8 Å². The first-order chi connectivity index (χ1) is 13.9. The van der Waals surface area contributed by atoms with Gasteiger partial charge in [0.2, 0.25) is 5.91 Å². The van der Waals surface area contributed by atoms with Crippen LogP contribution in [-0.2, 0) is 22.6 Å². The number of aromatic nitrogens is 1. The van der Waals surface area contributed by atoms with E-state index in [1.807, 2.05) is 62.3 Å². The maximum Gasteiger partial charge on any atom is 0.338 e. The minimum absolute atomic E-state index is 0.0736. The number of aryl methyl sites for hydroxylation is 1. The second-order valence-electron chi connectivity index (χ2n) is 6.79. The van der Waals surface area contributed by atoms with Crippen molar-refractivity contribution in [1.29, 1.82) is 0 Å². The number of esters is 1. The van der Waals surface area contributed by atoms with Gasteiger partial charge in [0, 0.05) is 30.9 Å². The van der Waals surface area contributed by atoms with E-state index in [1.54, 1.807) is 17.5 Å². The Morgan fingerprint density at radius 3 is 2.52 bits per heavy atom. The van der Waals surface area contributed by atoms with E-state index in [-0.39, 0.29) is 18.9 Å². The first-order valence-electron chi connectivity index (χ1n) is 9.15. The van der Waals surface area contributed by atoms with E-state index in [0.29, 0.717) is 16.3 Å². The minimum atomic E-state index is -0.401. The van der Waals surface area contributed by atoms with Crippen LogP contribution in [0, 0.1) is 6.92 Å². The van der Waals surface area contributed by atoms with Crippen molar-refractivity contribution in [1.82, 2.24) is 4.98 Å². The van der Waals surface area contributed by atoms with Gasteiger partial charge in [-0.15, -0.1) is 11.3 Å². The number of nitrogens with one attached hydrogen (secondary N) is 1. The molecular formula is C22H23N3O3S.